The van der Waals surface area contributed by atoms with Gasteiger partial charge >= 0.3 is 11.7 Å². The van der Waals surface area contributed by atoms with Gasteiger partial charge in [0.25, 0.3) is 0 Å². The molecule has 0 radical (unpaired) electrons. The van der Waals surface area contributed by atoms with E-state index in [2.05, 4.69) is 0 Å². The molecule has 0 bridgehead atoms. The van der Waals surface area contributed by atoms with Crippen molar-refractivity contribution in [2.75, 3.05) is 0 Å². The standard InChI is InChI=1S/C22H15FN2O4/c23-17-7-4-8-18-20(17)24(16-11-9-15(10-12-16)21(27)28)22(29)25(18)19(26)13-14-5-2-1-3-6-14/h1-12H,13H2,(H,27,28). The van der Waals surface area contributed by atoms with E-state index in [1.807, 2.05) is 6.07 Å². The van der Waals surface area contributed by atoms with Crippen LogP contribution in [0, 0.1) is 5.82 Å². The van der Waals surface area contributed by atoms with Crippen LogP contribution in [0.1, 0.15) is 20.7 Å². The zero-order valence-electron chi connectivity index (χ0n) is 15.1. The number of carboxylic acid groups (broad SMARTS) is 1. The summed E-state index contributed by atoms with van der Waals surface area (Å²) in [6, 6.07) is 18.5. The number of para-hydroxylation sites is 1. The first kappa shape index (κ1) is 18.4. The summed E-state index contributed by atoms with van der Waals surface area (Å²) < 4.78 is 16.7. The number of fused-ring (bicyclic) bond motifs is 1. The van der Waals surface area contributed by atoms with Crippen LogP contribution < -0.4 is 5.69 Å². The monoisotopic (exact) mass is 390 g/mol. The Morgan fingerprint density at radius 1 is 0.897 bits per heavy atom. The molecule has 1 heterocycles. The van der Waals surface area contributed by atoms with Crippen LogP contribution in [0.2, 0.25) is 0 Å². The number of nitrogens with zero attached hydrogens (tertiary/aromatic N) is 2. The number of imidazole rings is 1. The van der Waals surface area contributed by atoms with E-state index in [1.54, 1.807) is 24.3 Å². The summed E-state index contributed by atoms with van der Waals surface area (Å²) in [4.78, 5) is 37.1. The first-order valence-electron chi connectivity index (χ1n) is 8.80. The molecule has 0 saturated heterocycles. The van der Waals surface area contributed by atoms with Crippen LogP contribution in [0.15, 0.2) is 77.6 Å². The molecule has 0 saturated carbocycles. The summed E-state index contributed by atoms with van der Waals surface area (Å²) in [6.45, 7) is 0. The van der Waals surface area contributed by atoms with Gasteiger partial charge in [-0.15, -0.1) is 0 Å². The molecule has 1 N–H and O–H groups in total. The van der Waals surface area contributed by atoms with Crippen LogP contribution in [-0.4, -0.2) is 26.1 Å². The average Bonchev–Trinajstić information content (AvgIpc) is 3.02. The topological polar surface area (TPSA) is 81.3 Å². The second kappa shape index (κ2) is 7.20. The molecular weight excluding hydrogens is 375 g/mol. The zero-order chi connectivity index (χ0) is 20.5. The minimum Gasteiger partial charge on any atom is -0.478 e. The van der Waals surface area contributed by atoms with Gasteiger partial charge in [-0.2, -0.15) is 0 Å². The average molecular weight is 390 g/mol. The van der Waals surface area contributed by atoms with Crippen molar-refractivity contribution >= 4 is 22.9 Å². The molecular formula is C22H15FN2O4. The fourth-order valence-corrected chi connectivity index (χ4v) is 3.29. The Labute approximate surface area is 164 Å². The first-order valence-corrected chi connectivity index (χ1v) is 8.80. The molecule has 4 rings (SSSR count). The number of carbonyl (C=O) groups is 2. The number of carboxylic acids is 1. The first-order chi connectivity index (χ1) is 14.0. The van der Waals surface area contributed by atoms with Gasteiger partial charge in [0.1, 0.15) is 11.3 Å². The largest absolute Gasteiger partial charge is 0.478 e. The summed E-state index contributed by atoms with van der Waals surface area (Å²) in [7, 11) is 0. The van der Waals surface area contributed by atoms with Gasteiger partial charge in [-0.3, -0.25) is 9.36 Å². The Hall–Kier alpha value is -4.00. The lowest BCUT2D eigenvalue weighted by Crippen LogP contribution is -2.29. The van der Waals surface area contributed by atoms with E-state index in [1.165, 1.54) is 42.5 Å². The Balaban J connectivity index is 1.90. The molecule has 0 aliphatic rings. The van der Waals surface area contributed by atoms with Gasteiger partial charge in [-0.25, -0.2) is 18.5 Å². The van der Waals surface area contributed by atoms with Gasteiger partial charge < -0.3 is 5.11 Å². The number of benzene rings is 3. The minimum atomic E-state index is -1.12. The molecule has 0 atom stereocenters. The SMILES string of the molecule is O=C(O)c1ccc(-n2c(=O)n(C(=O)Cc3ccccc3)c3cccc(F)c32)cc1. The molecule has 144 valence electrons. The highest BCUT2D eigenvalue weighted by molar-refractivity contribution is 5.93. The van der Waals surface area contributed by atoms with E-state index in [0.717, 1.165) is 14.7 Å². The van der Waals surface area contributed by atoms with E-state index in [0.29, 0.717) is 0 Å². The number of aromatic carboxylic acids is 1. The van der Waals surface area contributed by atoms with Crippen molar-refractivity contribution in [1.82, 2.24) is 9.13 Å². The van der Waals surface area contributed by atoms with E-state index in [9.17, 15) is 18.8 Å². The van der Waals surface area contributed by atoms with Crippen LogP contribution in [0.4, 0.5) is 4.39 Å². The molecule has 29 heavy (non-hydrogen) atoms. The number of aromatic nitrogens is 2. The lowest BCUT2D eigenvalue weighted by Gasteiger charge is -2.04. The molecule has 4 aromatic rings. The normalized spacial score (nSPS) is 10.9. The smallest absolute Gasteiger partial charge is 0.340 e. The van der Waals surface area contributed by atoms with Crippen molar-refractivity contribution in [1.29, 1.82) is 0 Å². The van der Waals surface area contributed by atoms with Crippen molar-refractivity contribution in [3.8, 4) is 5.69 Å². The summed E-state index contributed by atoms with van der Waals surface area (Å²) in [5, 5.41) is 9.06. The molecule has 7 heteroatoms. The summed E-state index contributed by atoms with van der Waals surface area (Å²) in [5.41, 5.74) is 0.425. The van der Waals surface area contributed by atoms with Crippen molar-refractivity contribution < 1.29 is 19.1 Å². The summed E-state index contributed by atoms with van der Waals surface area (Å²) >= 11 is 0. The van der Waals surface area contributed by atoms with Crippen LogP contribution in [0.3, 0.4) is 0 Å². The van der Waals surface area contributed by atoms with Crippen molar-refractivity contribution in [3.05, 3.63) is 100 Å². The highest BCUT2D eigenvalue weighted by Crippen LogP contribution is 2.21. The highest BCUT2D eigenvalue weighted by atomic mass is 19.1. The van der Waals surface area contributed by atoms with Crippen molar-refractivity contribution in [2.24, 2.45) is 0 Å². The maximum atomic E-state index is 14.6. The van der Waals surface area contributed by atoms with E-state index >= 15 is 0 Å². The molecule has 0 aliphatic heterocycles. The Kier molecular flexibility index (Phi) is 4.56. The number of carbonyl (C=O) groups excluding carboxylic acids is 1. The van der Waals surface area contributed by atoms with Gasteiger partial charge in [0.05, 0.1) is 23.2 Å². The molecule has 3 aromatic carbocycles. The maximum Gasteiger partial charge on any atom is 0.340 e. The molecule has 0 aliphatic carbocycles. The van der Waals surface area contributed by atoms with Crippen LogP contribution in [0.25, 0.3) is 16.7 Å². The van der Waals surface area contributed by atoms with E-state index in [-0.39, 0.29) is 28.7 Å². The van der Waals surface area contributed by atoms with Crippen molar-refractivity contribution in [2.45, 2.75) is 6.42 Å². The Bertz CT molecular complexity index is 1290. The third kappa shape index (κ3) is 3.23. The van der Waals surface area contributed by atoms with Gasteiger partial charge in [-0.1, -0.05) is 36.4 Å². The van der Waals surface area contributed by atoms with E-state index < -0.39 is 23.4 Å². The fraction of sp³-hybridized carbons (Fsp3) is 0.0455. The number of halogens is 1. The molecule has 0 amide bonds. The Morgan fingerprint density at radius 2 is 1.59 bits per heavy atom. The second-order valence-corrected chi connectivity index (χ2v) is 6.47. The highest BCUT2D eigenvalue weighted by Gasteiger charge is 2.22. The minimum absolute atomic E-state index is 0.0195. The summed E-state index contributed by atoms with van der Waals surface area (Å²) in [6.07, 6.45) is -0.0195. The predicted octanol–water partition coefficient (Wildman–Crippen LogP) is 3.51. The van der Waals surface area contributed by atoms with Crippen molar-refractivity contribution in [3.63, 3.8) is 0 Å². The number of rotatable bonds is 4. The lowest BCUT2D eigenvalue weighted by molar-refractivity contribution is 0.0696. The Morgan fingerprint density at radius 3 is 2.24 bits per heavy atom. The second-order valence-electron chi connectivity index (χ2n) is 6.47. The van der Waals surface area contributed by atoms with Gasteiger partial charge in [0.2, 0.25) is 5.91 Å². The molecule has 0 spiro atoms. The molecule has 0 fully saturated rings. The van der Waals surface area contributed by atoms with Crippen LogP contribution in [-0.2, 0) is 6.42 Å². The van der Waals surface area contributed by atoms with Gasteiger partial charge in [-0.05, 0) is 42.0 Å². The molecule has 1 aromatic heterocycles. The predicted molar refractivity (Wildman–Crippen MR) is 105 cm³/mol. The van der Waals surface area contributed by atoms with Gasteiger partial charge in [0.15, 0.2) is 0 Å². The molecule has 6 nitrogen and oxygen atoms in total. The number of hydrogen-bond acceptors (Lipinski definition) is 3. The van der Waals surface area contributed by atoms with E-state index in [4.69, 9.17) is 5.11 Å². The maximum absolute atomic E-state index is 14.6. The lowest BCUT2D eigenvalue weighted by atomic mass is 10.1. The summed E-state index contributed by atoms with van der Waals surface area (Å²) in [5.74, 6) is -2.26. The van der Waals surface area contributed by atoms with Gasteiger partial charge in [0, 0.05) is 0 Å². The quantitative estimate of drug-likeness (QED) is 0.578. The third-order valence-corrected chi connectivity index (χ3v) is 4.63. The third-order valence-electron chi connectivity index (χ3n) is 4.63. The van der Waals surface area contributed by atoms with Crippen LogP contribution >= 0.6 is 0 Å². The van der Waals surface area contributed by atoms with Crippen LogP contribution in [0.5, 0.6) is 0 Å². The molecule has 0 unspecified atom stereocenters. The number of hydrogen-bond donors (Lipinski definition) is 1. The zero-order valence-corrected chi connectivity index (χ0v) is 15.1. The fourth-order valence-electron chi connectivity index (χ4n) is 3.29.